The van der Waals surface area contributed by atoms with Crippen molar-refractivity contribution in [1.29, 1.82) is 0 Å². The molecule has 0 unspecified atom stereocenters. The molecule has 98 valence electrons. The van der Waals surface area contributed by atoms with Crippen molar-refractivity contribution < 1.29 is 9.53 Å². The van der Waals surface area contributed by atoms with E-state index >= 15 is 0 Å². The fourth-order valence-electron chi connectivity index (χ4n) is 2.26. The lowest BCUT2D eigenvalue weighted by molar-refractivity contribution is 0.00693. The Morgan fingerprint density at radius 3 is 2.72 bits per heavy atom. The number of fused-ring (bicyclic) bond motifs is 1. The molecule has 0 aromatic heterocycles. The average molecular weight is 247 g/mol. The van der Waals surface area contributed by atoms with Crippen molar-refractivity contribution in [2.24, 2.45) is 0 Å². The quantitative estimate of drug-likeness (QED) is 0.774. The van der Waals surface area contributed by atoms with Crippen LogP contribution in [-0.4, -0.2) is 18.1 Å². The van der Waals surface area contributed by atoms with Crippen molar-refractivity contribution in [3.05, 3.63) is 28.8 Å². The smallest absolute Gasteiger partial charge is 0.338 e. The SMILES string of the molecule is Cc1cc(C(=O)OC(C)(C)C)cc2c1NCCC2. The molecule has 1 aromatic rings. The molecule has 0 radical (unpaired) electrons. The largest absolute Gasteiger partial charge is 0.456 e. The van der Waals surface area contributed by atoms with Crippen LogP contribution >= 0.6 is 0 Å². The van der Waals surface area contributed by atoms with Gasteiger partial charge in [-0.25, -0.2) is 4.79 Å². The van der Waals surface area contributed by atoms with E-state index < -0.39 is 5.60 Å². The lowest BCUT2D eigenvalue weighted by Gasteiger charge is -2.23. The summed E-state index contributed by atoms with van der Waals surface area (Å²) in [5.41, 5.74) is 3.74. The van der Waals surface area contributed by atoms with Gasteiger partial charge in [-0.15, -0.1) is 0 Å². The van der Waals surface area contributed by atoms with Gasteiger partial charge in [-0.3, -0.25) is 0 Å². The molecule has 0 saturated heterocycles. The van der Waals surface area contributed by atoms with Crippen LogP contribution in [0.4, 0.5) is 5.69 Å². The maximum atomic E-state index is 12.1. The van der Waals surface area contributed by atoms with Crippen LogP contribution in [0, 0.1) is 6.92 Å². The molecule has 2 rings (SSSR count). The second kappa shape index (κ2) is 4.63. The minimum absolute atomic E-state index is 0.237. The van der Waals surface area contributed by atoms with Crippen LogP contribution in [0.15, 0.2) is 12.1 Å². The fraction of sp³-hybridized carbons (Fsp3) is 0.533. The van der Waals surface area contributed by atoms with Crippen molar-refractivity contribution in [2.75, 3.05) is 11.9 Å². The molecular weight excluding hydrogens is 226 g/mol. The first-order chi connectivity index (χ1) is 8.37. The number of aryl methyl sites for hydroxylation is 2. The van der Waals surface area contributed by atoms with Crippen LogP contribution in [0.5, 0.6) is 0 Å². The number of anilines is 1. The van der Waals surface area contributed by atoms with Crippen molar-refractivity contribution in [1.82, 2.24) is 0 Å². The second-order valence-electron chi connectivity index (χ2n) is 5.86. The van der Waals surface area contributed by atoms with E-state index in [2.05, 4.69) is 5.32 Å². The first-order valence-corrected chi connectivity index (χ1v) is 6.47. The normalized spacial score (nSPS) is 14.7. The van der Waals surface area contributed by atoms with Crippen molar-refractivity contribution in [3.63, 3.8) is 0 Å². The summed E-state index contributed by atoms with van der Waals surface area (Å²) in [6, 6.07) is 3.87. The van der Waals surface area contributed by atoms with Gasteiger partial charge in [0.05, 0.1) is 5.56 Å². The Morgan fingerprint density at radius 2 is 2.06 bits per heavy atom. The molecule has 1 aliphatic heterocycles. The Morgan fingerprint density at radius 1 is 1.33 bits per heavy atom. The zero-order valence-corrected chi connectivity index (χ0v) is 11.6. The molecule has 18 heavy (non-hydrogen) atoms. The summed E-state index contributed by atoms with van der Waals surface area (Å²) >= 11 is 0. The van der Waals surface area contributed by atoms with Crippen molar-refractivity contribution in [2.45, 2.75) is 46.1 Å². The third-order valence-electron chi connectivity index (χ3n) is 2.98. The standard InChI is InChI=1S/C15H21NO2/c1-10-8-12(14(17)18-15(2,3)4)9-11-6-5-7-16-13(10)11/h8-9,16H,5-7H2,1-4H3. The van der Waals surface area contributed by atoms with Gasteiger partial charge in [-0.05, 0) is 63.8 Å². The number of carbonyl (C=O) groups is 1. The number of rotatable bonds is 1. The van der Waals surface area contributed by atoms with Gasteiger partial charge in [0.1, 0.15) is 5.60 Å². The highest BCUT2D eigenvalue weighted by molar-refractivity contribution is 5.91. The molecule has 3 heteroatoms. The zero-order valence-electron chi connectivity index (χ0n) is 11.6. The molecule has 1 aromatic carbocycles. The summed E-state index contributed by atoms with van der Waals surface area (Å²) in [5, 5.41) is 3.39. The molecule has 0 fully saturated rings. The van der Waals surface area contributed by atoms with E-state index in [0.717, 1.165) is 24.9 Å². The first kappa shape index (κ1) is 12.9. The Kier molecular flexibility index (Phi) is 3.33. The van der Waals surface area contributed by atoms with Crippen LogP contribution in [0.25, 0.3) is 0 Å². The van der Waals surface area contributed by atoms with Gasteiger partial charge in [-0.2, -0.15) is 0 Å². The van der Waals surface area contributed by atoms with E-state index in [-0.39, 0.29) is 5.97 Å². The molecule has 1 N–H and O–H groups in total. The van der Waals surface area contributed by atoms with Crippen LogP contribution < -0.4 is 5.32 Å². The number of esters is 1. The van der Waals surface area contributed by atoms with Gasteiger partial charge in [-0.1, -0.05) is 0 Å². The number of hydrogen-bond donors (Lipinski definition) is 1. The molecule has 0 amide bonds. The molecule has 3 nitrogen and oxygen atoms in total. The van der Waals surface area contributed by atoms with Gasteiger partial charge in [0.15, 0.2) is 0 Å². The summed E-state index contributed by atoms with van der Waals surface area (Å²) in [5.74, 6) is -0.237. The van der Waals surface area contributed by atoms with Crippen LogP contribution in [0.3, 0.4) is 0 Å². The highest BCUT2D eigenvalue weighted by Crippen LogP contribution is 2.28. The molecule has 0 aliphatic carbocycles. The van der Waals surface area contributed by atoms with Gasteiger partial charge in [0, 0.05) is 12.2 Å². The Labute approximate surface area is 109 Å². The number of ether oxygens (including phenoxy) is 1. The van der Waals surface area contributed by atoms with E-state index in [4.69, 9.17) is 4.74 Å². The van der Waals surface area contributed by atoms with Crippen LogP contribution in [0.1, 0.15) is 48.7 Å². The molecule has 0 atom stereocenters. The number of carbonyl (C=O) groups excluding carboxylic acids is 1. The monoisotopic (exact) mass is 247 g/mol. The number of benzene rings is 1. The fourth-order valence-corrected chi connectivity index (χ4v) is 2.26. The van der Waals surface area contributed by atoms with E-state index in [1.54, 1.807) is 0 Å². The molecule has 0 spiro atoms. The van der Waals surface area contributed by atoms with Crippen LogP contribution in [-0.2, 0) is 11.2 Å². The first-order valence-electron chi connectivity index (χ1n) is 6.47. The van der Waals surface area contributed by atoms with E-state index in [9.17, 15) is 4.79 Å². The van der Waals surface area contributed by atoms with E-state index in [1.165, 1.54) is 11.3 Å². The highest BCUT2D eigenvalue weighted by Gasteiger charge is 2.20. The maximum absolute atomic E-state index is 12.1. The molecular formula is C15H21NO2. The molecule has 0 saturated carbocycles. The van der Waals surface area contributed by atoms with Crippen molar-refractivity contribution in [3.8, 4) is 0 Å². The van der Waals surface area contributed by atoms with Crippen LogP contribution in [0.2, 0.25) is 0 Å². The van der Waals surface area contributed by atoms with Crippen molar-refractivity contribution >= 4 is 11.7 Å². The minimum Gasteiger partial charge on any atom is -0.456 e. The minimum atomic E-state index is -0.445. The summed E-state index contributed by atoms with van der Waals surface area (Å²) in [6.07, 6.45) is 2.14. The third kappa shape index (κ3) is 2.84. The number of nitrogens with one attached hydrogen (secondary N) is 1. The second-order valence-corrected chi connectivity index (χ2v) is 5.86. The summed E-state index contributed by atoms with van der Waals surface area (Å²) in [6.45, 7) is 8.71. The Balaban J connectivity index is 2.30. The molecule has 0 bridgehead atoms. The van der Waals surface area contributed by atoms with Gasteiger partial charge in [0.25, 0.3) is 0 Å². The number of hydrogen-bond acceptors (Lipinski definition) is 3. The Bertz CT molecular complexity index is 472. The molecule has 1 heterocycles. The molecule has 1 aliphatic rings. The zero-order chi connectivity index (χ0) is 13.3. The van der Waals surface area contributed by atoms with Gasteiger partial charge >= 0.3 is 5.97 Å². The van der Waals surface area contributed by atoms with Gasteiger partial charge in [0.2, 0.25) is 0 Å². The lowest BCUT2D eigenvalue weighted by Crippen LogP contribution is -2.24. The summed E-state index contributed by atoms with van der Waals surface area (Å²) < 4.78 is 5.41. The highest BCUT2D eigenvalue weighted by atomic mass is 16.6. The predicted molar refractivity (Wildman–Crippen MR) is 73.2 cm³/mol. The lowest BCUT2D eigenvalue weighted by atomic mass is 9.97. The predicted octanol–water partition coefficient (Wildman–Crippen LogP) is 3.31. The third-order valence-corrected chi connectivity index (χ3v) is 2.98. The Hall–Kier alpha value is -1.51. The summed E-state index contributed by atoms with van der Waals surface area (Å²) in [4.78, 5) is 12.1. The topological polar surface area (TPSA) is 38.3 Å². The van der Waals surface area contributed by atoms with E-state index in [0.29, 0.717) is 5.56 Å². The maximum Gasteiger partial charge on any atom is 0.338 e. The average Bonchev–Trinajstić information content (AvgIpc) is 2.26. The summed E-state index contributed by atoms with van der Waals surface area (Å²) in [7, 11) is 0. The van der Waals surface area contributed by atoms with Gasteiger partial charge < -0.3 is 10.1 Å². The van der Waals surface area contributed by atoms with E-state index in [1.807, 2.05) is 39.8 Å².